The molecule has 0 amide bonds. The standard InChI is InChI=1S/C10H16N4/c1-9(2)5-4-6-10(3)13-14-7-11-12-8-14/h5,7-8H,4,6H2,1-3H3/b13-10-. The maximum Gasteiger partial charge on any atom is 0.141 e. The number of aromatic nitrogens is 3. The van der Waals surface area contributed by atoms with Crippen LogP contribution in [0, 0.1) is 0 Å². The van der Waals surface area contributed by atoms with Gasteiger partial charge in [0.15, 0.2) is 0 Å². The summed E-state index contributed by atoms with van der Waals surface area (Å²) >= 11 is 0. The molecular weight excluding hydrogens is 176 g/mol. The van der Waals surface area contributed by atoms with Crippen LogP contribution in [0.2, 0.25) is 0 Å². The second kappa shape index (κ2) is 5.32. The number of rotatable bonds is 4. The van der Waals surface area contributed by atoms with Gasteiger partial charge in [-0.3, -0.25) is 0 Å². The molecule has 0 aliphatic heterocycles. The van der Waals surface area contributed by atoms with E-state index in [1.54, 1.807) is 17.3 Å². The molecule has 1 heterocycles. The van der Waals surface area contributed by atoms with Crippen LogP contribution in [0.5, 0.6) is 0 Å². The van der Waals surface area contributed by atoms with E-state index in [2.05, 4.69) is 35.2 Å². The molecule has 0 spiro atoms. The molecule has 0 aliphatic rings. The molecule has 0 N–H and O–H groups in total. The number of hydrogen-bond donors (Lipinski definition) is 0. The molecule has 76 valence electrons. The van der Waals surface area contributed by atoms with Crippen LogP contribution >= 0.6 is 0 Å². The van der Waals surface area contributed by atoms with Gasteiger partial charge in [-0.1, -0.05) is 11.6 Å². The van der Waals surface area contributed by atoms with Gasteiger partial charge in [0.05, 0.1) is 0 Å². The summed E-state index contributed by atoms with van der Waals surface area (Å²) < 4.78 is 1.62. The summed E-state index contributed by atoms with van der Waals surface area (Å²) in [7, 11) is 0. The summed E-state index contributed by atoms with van der Waals surface area (Å²) in [5, 5.41) is 11.7. The van der Waals surface area contributed by atoms with E-state index in [-0.39, 0.29) is 0 Å². The summed E-state index contributed by atoms with van der Waals surface area (Å²) in [6.45, 7) is 6.22. The van der Waals surface area contributed by atoms with Crippen LogP contribution in [0.3, 0.4) is 0 Å². The molecule has 4 nitrogen and oxygen atoms in total. The van der Waals surface area contributed by atoms with Gasteiger partial charge in [0.1, 0.15) is 12.7 Å². The molecule has 0 saturated carbocycles. The third-order valence-electron chi connectivity index (χ3n) is 1.75. The number of nitrogens with zero attached hydrogens (tertiary/aromatic N) is 4. The summed E-state index contributed by atoms with van der Waals surface area (Å²) in [6.07, 6.45) is 7.41. The Bertz CT molecular complexity index is 318. The fraction of sp³-hybridized carbons (Fsp3) is 0.500. The van der Waals surface area contributed by atoms with Crippen molar-refractivity contribution in [2.24, 2.45) is 5.10 Å². The lowest BCUT2D eigenvalue weighted by molar-refractivity contribution is 0.857. The topological polar surface area (TPSA) is 43.1 Å². The lowest BCUT2D eigenvalue weighted by Crippen LogP contribution is -1.95. The Labute approximate surface area is 84.4 Å². The molecule has 0 radical (unpaired) electrons. The van der Waals surface area contributed by atoms with Crippen LogP contribution in [0.4, 0.5) is 0 Å². The SMILES string of the molecule is CC(C)=CCC/C(C)=N\n1cnnc1. The minimum atomic E-state index is 0.976. The molecule has 1 rings (SSSR count). The van der Waals surface area contributed by atoms with Crippen molar-refractivity contribution >= 4 is 5.71 Å². The van der Waals surface area contributed by atoms with Crippen molar-refractivity contribution in [3.05, 3.63) is 24.3 Å². The maximum absolute atomic E-state index is 4.29. The first-order valence-corrected chi connectivity index (χ1v) is 4.71. The van der Waals surface area contributed by atoms with Crippen LogP contribution < -0.4 is 0 Å². The predicted octanol–water partition coefficient (Wildman–Crippen LogP) is 2.25. The fourth-order valence-electron chi connectivity index (χ4n) is 1.06. The van der Waals surface area contributed by atoms with Crippen LogP contribution in [-0.4, -0.2) is 20.6 Å². The van der Waals surface area contributed by atoms with Crippen LogP contribution in [0.1, 0.15) is 33.6 Å². The Balaban J connectivity index is 2.42. The smallest absolute Gasteiger partial charge is 0.141 e. The Morgan fingerprint density at radius 3 is 2.50 bits per heavy atom. The largest absolute Gasteiger partial charge is 0.208 e. The molecule has 4 heteroatoms. The van der Waals surface area contributed by atoms with Gasteiger partial charge in [0.25, 0.3) is 0 Å². The number of allylic oxidation sites excluding steroid dienone is 2. The van der Waals surface area contributed by atoms with E-state index in [1.165, 1.54) is 5.57 Å². The van der Waals surface area contributed by atoms with Gasteiger partial charge < -0.3 is 0 Å². The lowest BCUT2D eigenvalue weighted by Gasteiger charge is -1.97. The van der Waals surface area contributed by atoms with Crippen LogP contribution in [0.25, 0.3) is 0 Å². The molecule has 1 aromatic heterocycles. The van der Waals surface area contributed by atoms with E-state index in [4.69, 9.17) is 0 Å². The third-order valence-corrected chi connectivity index (χ3v) is 1.75. The molecule has 0 aromatic carbocycles. The zero-order chi connectivity index (χ0) is 10.4. The van der Waals surface area contributed by atoms with Gasteiger partial charge in [-0.05, 0) is 33.6 Å². The van der Waals surface area contributed by atoms with Crippen molar-refractivity contribution in [3.8, 4) is 0 Å². The van der Waals surface area contributed by atoms with E-state index in [1.807, 2.05) is 6.92 Å². The minimum Gasteiger partial charge on any atom is -0.208 e. The van der Waals surface area contributed by atoms with Crippen molar-refractivity contribution in [2.45, 2.75) is 33.6 Å². The summed E-state index contributed by atoms with van der Waals surface area (Å²) in [4.78, 5) is 0. The van der Waals surface area contributed by atoms with Crippen molar-refractivity contribution in [1.29, 1.82) is 0 Å². The highest BCUT2D eigenvalue weighted by molar-refractivity contribution is 5.81. The molecular formula is C10H16N4. The van der Waals surface area contributed by atoms with E-state index in [0.717, 1.165) is 18.6 Å². The van der Waals surface area contributed by atoms with E-state index < -0.39 is 0 Å². The van der Waals surface area contributed by atoms with Gasteiger partial charge in [-0.2, -0.15) is 5.10 Å². The highest BCUT2D eigenvalue weighted by Crippen LogP contribution is 1.99. The number of hydrogen-bond acceptors (Lipinski definition) is 3. The van der Waals surface area contributed by atoms with Crippen LogP contribution in [-0.2, 0) is 0 Å². The van der Waals surface area contributed by atoms with Crippen molar-refractivity contribution in [1.82, 2.24) is 14.9 Å². The van der Waals surface area contributed by atoms with Gasteiger partial charge >= 0.3 is 0 Å². The normalized spacial score (nSPS) is 11.5. The Hall–Kier alpha value is -1.45. The molecule has 1 aromatic rings. The first-order chi connectivity index (χ1) is 6.68. The molecule has 0 fully saturated rings. The third kappa shape index (κ3) is 3.98. The average Bonchev–Trinajstić information content (AvgIpc) is 2.56. The molecule has 0 bridgehead atoms. The molecule has 14 heavy (non-hydrogen) atoms. The second-order valence-electron chi connectivity index (χ2n) is 3.50. The van der Waals surface area contributed by atoms with Gasteiger partial charge in [0, 0.05) is 5.71 Å². The van der Waals surface area contributed by atoms with Crippen molar-refractivity contribution in [2.75, 3.05) is 0 Å². The zero-order valence-electron chi connectivity index (χ0n) is 8.94. The van der Waals surface area contributed by atoms with Gasteiger partial charge in [-0.25, -0.2) is 4.68 Å². The molecule has 0 atom stereocenters. The maximum atomic E-state index is 4.29. The molecule has 0 unspecified atom stereocenters. The van der Waals surface area contributed by atoms with Crippen molar-refractivity contribution < 1.29 is 0 Å². The first-order valence-electron chi connectivity index (χ1n) is 4.71. The Kier molecular flexibility index (Phi) is 4.04. The average molecular weight is 192 g/mol. The highest BCUT2D eigenvalue weighted by atomic mass is 15.4. The van der Waals surface area contributed by atoms with Gasteiger partial charge in [-0.15, -0.1) is 10.2 Å². The monoisotopic (exact) mass is 192 g/mol. The van der Waals surface area contributed by atoms with Crippen LogP contribution in [0.15, 0.2) is 29.4 Å². The quantitative estimate of drug-likeness (QED) is 0.542. The summed E-state index contributed by atoms with van der Waals surface area (Å²) in [6, 6.07) is 0. The first kappa shape index (κ1) is 10.6. The Morgan fingerprint density at radius 1 is 1.29 bits per heavy atom. The fourth-order valence-corrected chi connectivity index (χ4v) is 1.06. The van der Waals surface area contributed by atoms with Crippen molar-refractivity contribution in [3.63, 3.8) is 0 Å². The zero-order valence-corrected chi connectivity index (χ0v) is 8.94. The minimum absolute atomic E-state index is 0.976. The van der Waals surface area contributed by atoms with E-state index in [9.17, 15) is 0 Å². The lowest BCUT2D eigenvalue weighted by atomic mass is 10.2. The summed E-state index contributed by atoms with van der Waals surface area (Å²) in [5.74, 6) is 0. The molecule has 0 aliphatic carbocycles. The van der Waals surface area contributed by atoms with E-state index in [0.29, 0.717) is 0 Å². The summed E-state index contributed by atoms with van der Waals surface area (Å²) in [5.41, 5.74) is 2.43. The Morgan fingerprint density at radius 2 is 1.93 bits per heavy atom. The molecule has 0 saturated heterocycles. The van der Waals surface area contributed by atoms with Gasteiger partial charge in [0.2, 0.25) is 0 Å². The second-order valence-corrected chi connectivity index (χ2v) is 3.50. The van der Waals surface area contributed by atoms with E-state index >= 15 is 0 Å². The predicted molar refractivity (Wildman–Crippen MR) is 57.2 cm³/mol. The highest BCUT2D eigenvalue weighted by Gasteiger charge is 1.91.